The first kappa shape index (κ1) is 44.7. The van der Waals surface area contributed by atoms with Crippen molar-refractivity contribution in [3.8, 4) is 39.8 Å². The van der Waals surface area contributed by atoms with Crippen LogP contribution in [0.5, 0.6) is 17.2 Å². The molecule has 74 heavy (non-hydrogen) atoms. The van der Waals surface area contributed by atoms with E-state index < -0.39 is 0 Å². The molecule has 0 N–H and O–H groups in total. The molecular formula is C68H61N3O3. The van der Waals surface area contributed by atoms with Crippen LogP contribution in [0.4, 0.5) is 11.4 Å². The highest BCUT2D eigenvalue weighted by molar-refractivity contribution is 6.12. The number of hydrogen-bond donors (Lipinski definition) is 0. The molecule has 0 radical (unpaired) electrons. The van der Waals surface area contributed by atoms with Gasteiger partial charge in [0.15, 0.2) is 0 Å². The Labute approximate surface area is 433 Å². The van der Waals surface area contributed by atoms with Crippen molar-refractivity contribution in [2.75, 3.05) is 12.0 Å². The summed E-state index contributed by atoms with van der Waals surface area (Å²) in [7, 11) is 1.73. The van der Waals surface area contributed by atoms with E-state index in [0.717, 1.165) is 60.0 Å². The summed E-state index contributed by atoms with van der Waals surface area (Å²) in [5.41, 5.74) is 15.1. The Kier molecular flexibility index (Phi) is 11.0. The molecule has 2 atom stereocenters. The number of nitrogens with zero attached hydrogens (tertiary/aromatic N) is 3. The summed E-state index contributed by atoms with van der Waals surface area (Å²) in [5, 5.41) is 4.87. The molecule has 0 saturated heterocycles. The fraction of sp³-hybridized carbons (Fsp3) is 0.235. The van der Waals surface area contributed by atoms with Gasteiger partial charge in [-0.1, -0.05) is 85.7 Å². The highest BCUT2D eigenvalue weighted by Gasteiger charge is 2.48. The lowest BCUT2D eigenvalue weighted by atomic mass is 9.77. The molecule has 3 aliphatic carbocycles. The van der Waals surface area contributed by atoms with Gasteiger partial charge in [-0.3, -0.25) is 0 Å². The van der Waals surface area contributed by atoms with E-state index in [1.165, 1.54) is 116 Å². The summed E-state index contributed by atoms with van der Waals surface area (Å²) < 4.78 is 23.9. The van der Waals surface area contributed by atoms with Crippen molar-refractivity contribution < 1.29 is 14.2 Å². The van der Waals surface area contributed by atoms with E-state index in [0.29, 0.717) is 0 Å². The minimum absolute atomic E-state index is 0.0552. The van der Waals surface area contributed by atoms with Gasteiger partial charge in [-0.05, 0) is 207 Å². The summed E-state index contributed by atoms with van der Waals surface area (Å²) in [5.74, 6) is 2.82. The second kappa shape index (κ2) is 18.2. The van der Waals surface area contributed by atoms with E-state index in [9.17, 15) is 0 Å². The van der Waals surface area contributed by atoms with Gasteiger partial charge in [-0.15, -0.1) is 0 Å². The number of ether oxygens (including phenoxy) is 3. The Morgan fingerprint density at radius 2 is 0.919 bits per heavy atom. The van der Waals surface area contributed by atoms with Crippen molar-refractivity contribution in [2.24, 2.45) is 0 Å². The summed E-state index contributed by atoms with van der Waals surface area (Å²) in [6, 6.07) is 64.7. The van der Waals surface area contributed by atoms with Crippen molar-refractivity contribution in [3.63, 3.8) is 0 Å². The van der Waals surface area contributed by atoms with Crippen LogP contribution >= 0.6 is 0 Å². The highest BCUT2D eigenvalue weighted by atomic mass is 16.5. The molecule has 10 aromatic rings. The molecule has 366 valence electrons. The summed E-state index contributed by atoms with van der Waals surface area (Å²) in [6.07, 6.45) is 20.0. The summed E-state index contributed by atoms with van der Waals surface area (Å²) in [6.45, 7) is 2.40. The topological polar surface area (TPSA) is 40.8 Å². The minimum Gasteiger partial charge on any atom is -0.497 e. The lowest BCUT2D eigenvalue weighted by Crippen LogP contribution is -2.42. The van der Waals surface area contributed by atoms with Crippen LogP contribution in [0.15, 0.2) is 194 Å². The number of anilines is 2. The molecule has 8 aromatic carbocycles. The standard InChI is InChI=1S/C68H61N3O3/c1-68-38-37-48(46-24-33-64-58(40-46)60-44-56(74-54-21-13-6-14-22-54)31-36-66(60)70(64)50-17-9-4-10-18-50)42-62(68)61-41-47(25-34-67(61)71(68)51-26-28-52(72-2)29-27-51)45-23-32-63-57(39-45)59-43-55(73-53-19-11-5-12-20-53)30-35-65(59)69(63)49-15-7-3-8-16-49/h3-4,7-10,15-18,23-44,53-54,62H,5-6,11-14,19-22H2,1-2H3. The minimum atomic E-state index is -0.375. The van der Waals surface area contributed by atoms with Gasteiger partial charge in [0, 0.05) is 50.2 Å². The maximum atomic E-state index is 6.71. The molecular weight excluding hydrogens is 907 g/mol. The Morgan fingerprint density at radius 1 is 0.446 bits per heavy atom. The molecule has 14 rings (SSSR count). The second-order valence-electron chi connectivity index (χ2n) is 21.4. The predicted octanol–water partition coefficient (Wildman–Crippen LogP) is 17.6. The van der Waals surface area contributed by atoms with E-state index >= 15 is 0 Å². The zero-order chi connectivity index (χ0) is 49.3. The normalized spacial score (nSPS) is 19.0. The lowest BCUT2D eigenvalue weighted by Gasteiger charge is -2.40. The van der Waals surface area contributed by atoms with Crippen molar-refractivity contribution in [1.82, 2.24) is 9.13 Å². The van der Waals surface area contributed by atoms with Crippen LogP contribution in [0, 0.1) is 0 Å². The number of para-hydroxylation sites is 2. The summed E-state index contributed by atoms with van der Waals surface area (Å²) >= 11 is 0. The Morgan fingerprint density at radius 3 is 1.47 bits per heavy atom. The van der Waals surface area contributed by atoms with Gasteiger partial charge in [0.05, 0.1) is 46.9 Å². The lowest BCUT2D eigenvalue weighted by molar-refractivity contribution is 0.155. The van der Waals surface area contributed by atoms with Gasteiger partial charge in [-0.2, -0.15) is 0 Å². The molecule has 4 aliphatic rings. The Hall–Kier alpha value is -7.96. The molecule has 0 amide bonds. The largest absolute Gasteiger partial charge is 0.497 e. The Bertz CT molecular complexity index is 3820. The van der Waals surface area contributed by atoms with Crippen molar-refractivity contribution >= 4 is 60.6 Å². The molecule has 6 nitrogen and oxygen atoms in total. The van der Waals surface area contributed by atoms with E-state index in [-0.39, 0.29) is 23.7 Å². The molecule has 2 fully saturated rings. The van der Waals surface area contributed by atoms with E-state index in [1.54, 1.807) is 7.11 Å². The third-order valence-corrected chi connectivity index (χ3v) is 16.9. The van der Waals surface area contributed by atoms with Crippen LogP contribution in [0.2, 0.25) is 0 Å². The van der Waals surface area contributed by atoms with Gasteiger partial charge in [0.25, 0.3) is 0 Å². The van der Waals surface area contributed by atoms with Crippen LogP contribution in [0.3, 0.4) is 0 Å². The zero-order valence-electron chi connectivity index (χ0n) is 42.3. The SMILES string of the molecule is COc1ccc(N2c3ccc(-c4ccc5c(c4)c4cc(OC6CCCCC6)ccc4n5-c4ccccc4)cc3C3C=C(c4ccc5c(c4)c4cc(OC6CCCCC6)ccc4n5-c4ccccc4)C=CC32C)cc1. The number of benzene rings is 8. The molecule has 0 bridgehead atoms. The first-order valence-corrected chi connectivity index (χ1v) is 27.1. The van der Waals surface area contributed by atoms with Gasteiger partial charge >= 0.3 is 0 Å². The molecule has 3 heterocycles. The number of rotatable bonds is 10. The summed E-state index contributed by atoms with van der Waals surface area (Å²) in [4.78, 5) is 2.54. The molecule has 1 aliphatic heterocycles. The first-order chi connectivity index (χ1) is 36.5. The Balaban J connectivity index is 0.893. The third kappa shape index (κ3) is 7.60. The smallest absolute Gasteiger partial charge is 0.120 e. The number of hydrogen-bond acceptors (Lipinski definition) is 4. The monoisotopic (exact) mass is 967 g/mol. The van der Waals surface area contributed by atoms with Gasteiger partial charge in [0.2, 0.25) is 0 Å². The average molecular weight is 968 g/mol. The first-order valence-electron chi connectivity index (χ1n) is 27.1. The quantitative estimate of drug-likeness (QED) is 0.137. The van der Waals surface area contributed by atoms with E-state index in [4.69, 9.17) is 14.2 Å². The van der Waals surface area contributed by atoms with Crippen molar-refractivity contribution in [3.05, 3.63) is 205 Å². The number of fused-ring (bicyclic) bond motifs is 9. The predicted molar refractivity (Wildman–Crippen MR) is 305 cm³/mol. The molecule has 2 unspecified atom stereocenters. The van der Waals surface area contributed by atoms with E-state index in [2.05, 4.69) is 215 Å². The van der Waals surface area contributed by atoms with E-state index in [1.807, 2.05) is 0 Å². The maximum absolute atomic E-state index is 6.71. The van der Waals surface area contributed by atoms with Gasteiger partial charge < -0.3 is 28.2 Å². The second-order valence-corrected chi connectivity index (χ2v) is 21.4. The van der Waals surface area contributed by atoms with Crippen LogP contribution in [0.25, 0.3) is 71.7 Å². The van der Waals surface area contributed by atoms with Crippen LogP contribution in [0.1, 0.15) is 88.2 Å². The maximum Gasteiger partial charge on any atom is 0.120 e. The van der Waals surface area contributed by atoms with Crippen LogP contribution in [-0.2, 0) is 0 Å². The van der Waals surface area contributed by atoms with Crippen LogP contribution in [-0.4, -0.2) is 34.0 Å². The average Bonchev–Trinajstić information content (AvgIpc) is 4.05. The van der Waals surface area contributed by atoms with Crippen molar-refractivity contribution in [1.29, 1.82) is 0 Å². The molecule has 2 aromatic heterocycles. The van der Waals surface area contributed by atoms with Gasteiger partial charge in [0.1, 0.15) is 17.2 Å². The fourth-order valence-electron chi connectivity index (χ4n) is 13.1. The van der Waals surface area contributed by atoms with Gasteiger partial charge in [-0.25, -0.2) is 0 Å². The number of allylic oxidation sites excluding steroid dienone is 2. The molecule has 2 saturated carbocycles. The highest BCUT2D eigenvalue weighted by Crippen LogP contribution is 2.56. The fourth-order valence-corrected chi connectivity index (χ4v) is 13.1. The van der Waals surface area contributed by atoms with Crippen LogP contribution < -0.4 is 19.1 Å². The third-order valence-electron chi connectivity index (χ3n) is 16.9. The zero-order valence-corrected chi connectivity index (χ0v) is 42.3. The van der Waals surface area contributed by atoms with Crippen molar-refractivity contribution in [2.45, 2.75) is 94.8 Å². The molecule has 6 heteroatoms. The number of methoxy groups -OCH3 is 1. The number of aromatic nitrogens is 2. The molecule has 0 spiro atoms.